The summed E-state index contributed by atoms with van der Waals surface area (Å²) < 4.78 is 5.64. The first-order chi connectivity index (χ1) is 9.79. The maximum atomic E-state index is 6.00. The third kappa shape index (κ3) is 2.50. The van der Waals surface area contributed by atoms with Crippen molar-refractivity contribution in [3.05, 3.63) is 58.5 Å². The smallest absolute Gasteiger partial charge is 0.134 e. The Balaban J connectivity index is 1.89. The van der Waals surface area contributed by atoms with Crippen molar-refractivity contribution < 1.29 is 4.42 Å². The van der Waals surface area contributed by atoms with Crippen LogP contribution in [-0.4, -0.2) is 18.5 Å². The summed E-state index contributed by atoms with van der Waals surface area (Å²) in [6, 6.07) is 10.4. The number of thiophene rings is 1. The minimum absolute atomic E-state index is 0.165. The van der Waals surface area contributed by atoms with E-state index in [1.165, 1.54) is 11.1 Å². The molecule has 0 saturated heterocycles. The summed E-state index contributed by atoms with van der Waals surface area (Å²) in [5.74, 6) is 0. The van der Waals surface area contributed by atoms with Crippen molar-refractivity contribution in [2.45, 2.75) is 12.6 Å². The SMILES string of the molecule is CN(Cc1ccsc1)C(CN)c1coc2ccccc12. The summed E-state index contributed by atoms with van der Waals surface area (Å²) >= 11 is 1.72. The Morgan fingerprint density at radius 3 is 2.90 bits per heavy atom. The molecule has 0 aliphatic rings. The third-order valence-corrected chi connectivity index (χ3v) is 4.37. The molecule has 104 valence electrons. The zero-order chi connectivity index (χ0) is 13.9. The van der Waals surface area contributed by atoms with Gasteiger partial charge in [0.25, 0.3) is 0 Å². The quantitative estimate of drug-likeness (QED) is 0.779. The summed E-state index contributed by atoms with van der Waals surface area (Å²) in [4.78, 5) is 2.28. The average molecular weight is 286 g/mol. The Hall–Kier alpha value is -1.62. The maximum absolute atomic E-state index is 6.00. The molecule has 1 atom stereocenters. The fraction of sp³-hybridized carbons (Fsp3) is 0.250. The van der Waals surface area contributed by atoms with Gasteiger partial charge < -0.3 is 10.2 Å². The lowest BCUT2D eigenvalue weighted by Gasteiger charge is -2.26. The van der Waals surface area contributed by atoms with Gasteiger partial charge in [-0.25, -0.2) is 0 Å². The van der Waals surface area contributed by atoms with E-state index in [4.69, 9.17) is 10.2 Å². The van der Waals surface area contributed by atoms with Gasteiger partial charge in [-0.1, -0.05) is 18.2 Å². The molecular weight excluding hydrogens is 268 g/mol. The van der Waals surface area contributed by atoms with Gasteiger partial charge in [-0.15, -0.1) is 0 Å². The first kappa shape index (κ1) is 13.4. The number of furan rings is 1. The van der Waals surface area contributed by atoms with Gasteiger partial charge in [-0.05, 0) is 35.5 Å². The van der Waals surface area contributed by atoms with Crippen LogP contribution < -0.4 is 5.73 Å². The second-order valence-corrected chi connectivity index (χ2v) is 5.77. The van der Waals surface area contributed by atoms with Crippen LogP contribution in [0.2, 0.25) is 0 Å². The van der Waals surface area contributed by atoms with Crippen molar-refractivity contribution in [1.29, 1.82) is 0 Å². The van der Waals surface area contributed by atoms with E-state index in [1.54, 1.807) is 11.3 Å². The predicted molar refractivity (Wildman–Crippen MR) is 83.8 cm³/mol. The van der Waals surface area contributed by atoms with E-state index in [1.807, 2.05) is 24.5 Å². The minimum Gasteiger partial charge on any atom is -0.464 e. The Morgan fingerprint density at radius 2 is 2.15 bits per heavy atom. The van der Waals surface area contributed by atoms with Crippen LogP contribution in [0.4, 0.5) is 0 Å². The molecule has 0 spiro atoms. The molecule has 0 fully saturated rings. The molecule has 1 unspecified atom stereocenters. The van der Waals surface area contributed by atoms with Crippen LogP contribution in [-0.2, 0) is 6.54 Å². The maximum Gasteiger partial charge on any atom is 0.134 e. The summed E-state index contributed by atoms with van der Waals surface area (Å²) in [6.07, 6.45) is 1.84. The number of nitrogens with zero attached hydrogens (tertiary/aromatic N) is 1. The van der Waals surface area contributed by atoms with E-state index in [-0.39, 0.29) is 6.04 Å². The lowest BCUT2D eigenvalue weighted by molar-refractivity contribution is 0.242. The highest BCUT2D eigenvalue weighted by atomic mass is 32.1. The molecule has 0 amide bonds. The van der Waals surface area contributed by atoms with Crippen molar-refractivity contribution in [2.75, 3.05) is 13.6 Å². The number of nitrogens with two attached hydrogens (primary N) is 1. The topological polar surface area (TPSA) is 42.4 Å². The third-order valence-electron chi connectivity index (χ3n) is 3.64. The Morgan fingerprint density at radius 1 is 1.30 bits per heavy atom. The number of likely N-dealkylation sites (N-methyl/N-ethyl adjacent to an activating group) is 1. The van der Waals surface area contributed by atoms with Gasteiger partial charge in [0.2, 0.25) is 0 Å². The van der Waals surface area contributed by atoms with E-state index >= 15 is 0 Å². The van der Waals surface area contributed by atoms with Gasteiger partial charge in [-0.3, -0.25) is 4.90 Å². The molecule has 4 heteroatoms. The second kappa shape index (κ2) is 5.79. The first-order valence-electron chi connectivity index (χ1n) is 6.67. The number of hydrogen-bond acceptors (Lipinski definition) is 4. The molecule has 1 aromatic carbocycles. The Bertz CT molecular complexity index is 675. The molecule has 0 saturated carbocycles. The predicted octanol–water partition coefficient (Wildman–Crippen LogP) is 3.63. The highest BCUT2D eigenvalue weighted by Gasteiger charge is 2.20. The largest absolute Gasteiger partial charge is 0.464 e. The molecule has 3 aromatic rings. The van der Waals surface area contributed by atoms with E-state index in [0.717, 1.165) is 17.5 Å². The fourth-order valence-corrected chi connectivity index (χ4v) is 3.24. The van der Waals surface area contributed by atoms with Crippen LogP contribution >= 0.6 is 11.3 Å². The van der Waals surface area contributed by atoms with Crippen molar-refractivity contribution in [1.82, 2.24) is 4.90 Å². The van der Waals surface area contributed by atoms with E-state index in [2.05, 4.69) is 34.8 Å². The van der Waals surface area contributed by atoms with Gasteiger partial charge in [-0.2, -0.15) is 11.3 Å². The van der Waals surface area contributed by atoms with Crippen LogP contribution in [0.25, 0.3) is 11.0 Å². The highest BCUT2D eigenvalue weighted by Crippen LogP contribution is 2.29. The molecule has 2 heterocycles. The number of fused-ring (bicyclic) bond motifs is 1. The second-order valence-electron chi connectivity index (χ2n) is 4.99. The molecule has 20 heavy (non-hydrogen) atoms. The van der Waals surface area contributed by atoms with Gasteiger partial charge >= 0.3 is 0 Å². The van der Waals surface area contributed by atoms with Gasteiger partial charge in [0.05, 0.1) is 12.3 Å². The normalized spacial score (nSPS) is 13.2. The zero-order valence-corrected chi connectivity index (χ0v) is 12.3. The molecule has 0 bridgehead atoms. The molecule has 0 aliphatic carbocycles. The molecule has 2 N–H and O–H groups in total. The number of hydrogen-bond donors (Lipinski definition) is 1. The molecule has 3 rings (SSSR count). The lowest BCUT2D eigenvalue weighted by atomic mass is 10.0. The summed E-state index contributed by atoms with van der Waals surface area (Å²) in [5.41, 5.74) is 9.42. The fourth-order valence-electron chi connectivity index (χ4n) is 2.58. The van der Waals surface area contributed by atoms with Crippen LogP contribution in [0.1, 0.15) is 17.2 Å². The molecule has 0 aliphatic heterocycles. The number of rotatable bonds is 5. The van der Waals surface area contributed by atoms with E-state index in [9.17, 15) is 0 Å². The van der Waals surface area contributed by atoms with Gasteiger partial charge in [0.15, 0.2) is 0 Å². The average Bonchev–Trinajstić information content (AvgIpc) is 3.10. The van der Waals surface area contributed by atoms with Crippen molar-refractivity contribution in [2.24, 2.45) is 5.73 Å². The summed E-state index contributed by atoms with van der Waals surface area (Å²) in [5, 5.41) is 5.44. The van der Waals surface area contributed by atoms with Crippen molar-refractivity contribution in [3.63, 3.8) is 0 Å². The number of para-hydroxylation sites is 1. The molecule has 0 radical (unpaired) electrons. The standard InChI is InChI=1S/C16H18N2OS/c1-18(9-12-6-7-20-11-12)15(8-17)14-10-19-16-5-3-2-4-13(14)16/h2-7,10-11,15H,8-9,17H2,1H3. The Labute approximate surface area is 122 Å². The van der Waals surface area contributed by atoms with Gasteiger partial charge in [0.1, 0.15) is 5.58 Å². The van der Waals surface area contributed by atoms with Crippen LogP contribution in [0, 0.1) is 0 Å². The zero-order valence-electron chi connectivity index (χ0n) is 11.5. The van der Waals surface area contributed by atoms with Crippen molar-refractivity contribution >= 4 is 22.3 Å². The van der Waals surface area contributed by atoms with Crippen LogP contribution in [0.3, 0.4) is 0 Å². The number of benzene rings is 1. The summed E-state index contributed by atoms with van der Waals surface area (Å²) in [7, 11) is 2.11. The lowest BCUT2D eigenvalue weighted by Crippen LogP contribution is -2.29. The van der Waals surface area contributed by atoms with Crippen molar-refractivity contribution in [3.8, 4) is 0 Å². The van der Waals surface area contributed by atoms with E-state index in [0.29, 0.717) is 6.54 Å². The first-order valence-corrected chi connectivity index (χ1v) is 7.61. The van der Waals surface area contributed by atoms with Crippen LogP contribution in [0.15, 0.2) is 51.8 Å². The molecule has 3 nitrogen and oxygen atoms in total. The van der Waals surface area contributed by atoms with E-state index < -0.39 is 0 Å². The molecular formula is C16H18N2OS. The highest BCUT2D eigenvalue weighted by molar-refractivity contribution is 7.07. The minimum atomic E-state index is 0.165. The molecule has 2 aromatic heterocycles. The summed E-state index contributed by atoms with van der Waals surface area (Å²) in [6.45, 7) is 1.47. The van der Waals surface area contributed by atoms with Gasteiger partial charge in [0, 0.05) is 24.0 Å². The van der Waals surface area contributed by atoms with Crippen LogP contribution in [0.5, 0.6) is 0 Å². The monoisotopic (exact) mass is 286 g/mol. The Kier molecular flexibility index (Phi) is 3.87.